The molecule has 82 valence electrons. The van der Waals surface area contributed by atoms with Crippen molar-refractivity contribution in [2.75, 3.05) is 0 Å². The van der Waals surface area contributed by atoms with Crippen LogP contribution in [-0.2, 0) is 6.42 Å². The second kappa shape index (κ2) is 4.90. The molecule has 0 aliphatic heterocycles. The Hall–Kier alpha value is -1.67. The van der Waals surface area contributed by atoms with Crippen LogP contribution in [0.4, 0.5) is 0 Å². The molecule has 1 aromatic heterocycles. The van der Waals surface area contributed by atoms with Crippen LogP contribution < -0.4 is 5.73 Å². The van der Waals surface area contributed by atoms with Gasteiger partial charge in [-0.2, -0.15) is 0 Å². The molecule has 2 heteroatoms. The fourth-order valence-corrected chi connectivity index (χ4v) is 1.68. The Balaban J connectivity index is 2.11. The van der Waals surface area contributed by atoms with Crippen LogP contribution in [0.5, 0.6) is 0 Å². The van der Waals surface area contributed by atoms with Crippen LogP contribution in [0, 0.1) is 0 Å². The molecule has 2 aromatic rings. The summed E-state index contributed by atoms with van der Waals surface area (Å²) in [5.74, 6) is 0. The van der Waals surface area contributed by atoms with Crippen LogP contribution in [0.15, 0.2) is 48.8 Å². The first-order valence-corrected chi connectivity index (χ1v) is 5.49. The summed E-state index contributed by atoms with van der Waals surface area (Å²) in [6.45, 7) is 2.00. The van der Waals surface area contributed by atoms with Gasteiger partial charge in [0, 0.05) is 18.4 Å². The van der Waals surface area contributed by atoms with E-state index in [4.69, 9.17) is 5.73 Å². The number of pyridine rings is 1. The number of hydrogen-bond acceptors (Lipinski definition) is 2. The maximum atomic E-state index is 5.81. The van der Waals surface area contributed by atoms with E-state index in [2.05, 4.69) is 35.3 Å². The highest BCUT2D eigenvalue weighted by atomic mass is 14.6. The lowest BCUT2D eigenvalue weighted by atomic mass is 10.0. The molecule has 1 aromatic carbocycles. The van der Waals surface area contributed by atoms with Crippen molar-refractivity contribution in [3.63, 3.8) is 0 Å². The van der Waals surface area contributed by atoms with Crippen molar-refractivity contribution in [1.29, 1.82) is 0 Å². The lowest BCUT2D eigenvalue weighted by molar-refractivity contribution is 0.817. The highest BCUT2D eigenvalue weighted by Gasteiger charge is 2.00. The molecule has 2 nitrogen and oxygen atoms in total. The van der Waals surface area contributed by atoms with E-state index in [0.717, 1.165) is 6.42 Å². The Kier molecular flexibility index (Phi) is 3.32. The van der Waals surface area contributed by atoms with E-state index in [1.165, 1.54) is 16.7 Å². The Morgan fingerprint density at radius 3 is 2.44 bits per heavy atom. The van der Waals surface area contributed by atoms with Crippen molar-refractivity contribution in [2.45, 2.75) is 19.4 Å². The Morgan fingerprint density at radius 1 is 1.12 bits per heavy atom. The summed E-state index contributed by atoms with van der Waals surface area (Å²) >= 11 is 0. The van der Waals surface area contributed by atoms with E-state index < -0.39 is 0 Å². The van der Waals surface area contributed by atoms with Crippen LogP contribution in [0.1, 0.15) is 29.7 Å². The molecule has 0 saturated heterocycles. The molecular formula is C14H16N2. The van der Waals surface area contributed by atoms with Gasteiger partial charge in [-0.1, -0.05) is 30.3 Å². The van der Waals surface area contributed by atoms with Gasteiger partial charge in [-0.3, -0.25) is 4.98 Å². The first kappa shape index (κ1) is 10.8. The van der Waals surface area contributed by atoms with Crippen molar-refractivity contribution in [2.24, 2.45) is 5.73 Å². The quantitative estimate of drug-likeness (QED) is 0.849. The van der Waals surface area contributed by atoms with E-state index in [0.29, 0.717) is 0 Å². The van der Waals surface area contributed by atoms with Gasteiger partial charge < -0.3 is 5.73 Å². The maximum Gasteiger partial charge on any atom is 0.0303 e. The predicted molar refractivity (Wildman–Crippen MR) is 66.1 cm³/mol. The average Bonchev–Trinajstić information content (AvgIpc) is 2.31. The summed E-state index contributed by atoms with van der Waals surface area (Å²) in [4.78, 5) is 4.11. The monoisotopic (exact) mass is 212 g/mol. The number of rotatable bonds is 3. The molecule has 0 radical (unpaired) electrons. The molecular weight excluding hydrogens is 196 g/mol. The largest absolute Gasteiger partial charge is 0.324 e. The molecule has 1 unspecified atom stereocenters. The zero-order chi connectivity index (χ0) is 11.4. The normalized spacial score (nSPS) is 12.4. The van der Waals surface area contributed by atoms with Crippen molar-refractivity contribution < 1.29 is 0 Å². The molecule has 1 heterocycles. The van der Waals surface area contributed by atoms with E-state index in [-0.39, 0.29) is 6.04 Å². The summed E-state index contributed by atoms with van der Waals surface area (Å²) in [7, 11) is 0. The standard InChI is InChI=1S/C14H16N2/c1-11(15)14-6-4-12(5-7-14)9-13-3-2-8-16-10-13/h2-8,10-11H,9,15H2,1H3. The fraction of sp³-hybridized carbons (Fsp3) is 0.214. The number of aromatic nitrogens is 1. The van der Waals surface area contributed by atoms with Gasteiger partial charge in [0.15, 0.2) is 0 Å². The molecule has 0 bridgehead atoms. The Bertz CT molecular complexity index is 432. The van der Waals surface area contributed by atoms with Gasteiger partial charge in [-0.15, -0.1) is 0 Å². The van der Waals surface area contributed by atoms with Crippen molar-refractivity contribution >= 4 is 0 Å². The molecule has 0 aliphatic carbocycles. The fourth-order valence-electron chi connectivity index (χ4n) is 1.68. The first-order valence-electron chi connectivity index (χ1n) is 5.49. The number of hydrogen-bond donors (Lipinski definition) is 1. The summed E-state index contributed by atoms with van der Waals surface area (Å²) in [5, 5.41) is 0. The van der Waals surface area contributed by atoms with Crippen LogP contribution in [0.2, 0.25) is 0 Å². The maximum absolute atomic E-state index is 5.81. The molecule has 2 rings (SSSR count). The third-order valence-corrected chi connectivity index (χ3v) is 2.64. The smallest absolute Gasteiger partial charge is 0.0303 e. The van der Waals surface area contributed by atoms with Gasteiger partial charge in [0.1, 0.15) is 0 Å². The number of benzene rings is 1. The molecule has 0 spiro atoms. The first-order chi connectivity index (χ1) is 7.75. The Morgan fingerprint density at radius 2 is 1.88 bits per heavy atom. The van der Waals surface area contributed by atoms with Crippen molar-refractivity contribution in [3.8, 4) is 0 Å². The second-order valence-corrected chi connectivity index (χ2v) is 4.07. The van der Waals surface area contributed by atoms with Gasteiger partial charge in [-0.05, 0) is 36.1 Å². The summed E-state index contributed by atoms with van der Waals surface area (Å²) in [6, 6.07) is 12.6. The van der Waals surface area contributed by atoms with Gasteiger partial charge in [0.25, 0.3) is 0 Å². The van der Waals surface area contributed by atoms with E-state index >= 15 is 0 Å². The zero-order valence-electron chi connectivity index (χ0n) is 9.43. The molecule has 16 heavy (non-hydrogen) atoms. The predicted octanol–water partition coefficient (Wildman–Crippen LogP) is 2.69. The number of nitrogens with zero attached hydrogens (tertiary/aromatic N) is 1. The SMILES string of the molecule is CC(N)c1ccc(Cc2cccnc2)cc1. The van der Waals surface area contributed by atoms with Gasteiger partial charge in [-0.25, -0.2) is 0 Å². The third-order valence-electron chi connectivity index (χ3n) is 2.64. The van der Waals surface area contributed by atoms with Crippen LogP contribution in [0.25, 0.3) is 0 Å². The van der Waals surface area contributed by atoms with Gasteiger partial charge >= 0.3 is 0 Å². The third kappa shape index (κ3) is 2.67. The molecule has 0 aliphatic rings. The van der Waals surface area contributed by atoms with Gasteiger partial charge in [0.05, 0.1) is 0 Å². The summed E-state index contributed by atoms with van der Waals surface area (Å²) in [6.07, 6.45) is 4.62. The molecule has 0 fully saturated rings. The molecule has 2 N–H and O–H groups in total. The molecule has 0 saturated carbocycles. The van der Waals surface area contributed by atoms with Crippen molar-refractivity contribution in [1.82, 2.24) is 4.98 Å². The molecule has 1 atom stereocenters. The highest BCUT2D eigenvalue weighted by molar-refractivity contribution is 5.28. The van der Waals surface area contributed by atoms with E-state index in [1.54, 1.807) is 6.20 Å². The minimum Gasteiger partial charge on any atom is -0.324 e. The summed E-state index contributed by atoms with van der Waals surface area (Å²) < 4.78 is 0. The topological polar surface area (TPSA) is 38.9 Å². The minimum absolute atomic E-state index is 0.104. The van der Waals surface area contributed by atoms with Crippen molar-refractivity contribution in [3.05, 3.63) is 65.5 Å². The van der Waals surface area contributed by atoms with Crippen LogP contribution >= 0.6 is 0 Å². The van der Waals surface area contributed by atoms with Crippen LogP contribution in [0.3, 0.4) is 0 Å². The second-order valence-electron chi connectivity index (χ2n) is 4.07. The van der Waals surface area contributed by atoms with Gasteiger partial charge in [0.2, 0.25) is 0 Å². The summed E-state index contributed by atoms with van der Waals surface area (Å²) in [5.41, 5.74) is 9.50. The Labute approximate surface area is 96.1 Å². The molecule has 0 amide bonds. The van der Waals surface area contributed by atoms with Crippen LogP contribution in [-0.4, -0.2) is 4.98 Å². The highest BCUT2D eigenvalue weighted by Crippen LogP contribution is 2.13. The zero-order valence-corrected chi connectivity index (χ0v) is 9.43. The van der Waals surface area contributed by atoms with E-state index in [1.807, 2.05) is 19.2 Å². The number of nitrogens with two attached hydrogens (primary N) is 1. The minimum atomic E-state index is 0.104. The average molecular weight is 212 g/mol. The van der Waals surface area contributed by atoms with E-state index in [9.17, 15) is 0 Å². The lowest BCUT2D eigenvalue weighted by Gasteiger charge is -2.06. The lowest BCUT2D eigenvalue weighted by Crippen LogP contribution is -2.04.